The van der Waals surface area contributed by atoms with Crippen LogP contribution in [0.5, 0.6) is 0 Å². The first-order chi connectivity index (χ1) is 31.9. The van der Waals surface area contributed by atoms with Crippen molar-refractivity contribution in [3.05, 3.63) is 0 Å². The van der Waals surface area contributed by atoms with Crippen LogP contribution in [0.1, 0.15) is 231 Å². The number of carbonyl (C=O) groups excluding carboxylic acids is 4. The van der Waals surface area contributed by atoms with Crippen LogP contribution in [0.25, 0.3) is 0 Å². The highest BCUT2D eigenvalue weighted by atomic mass is 16.5. The predicted octanol–water partition coefficient (Wildman–Crippen LogP) is 8.24. The third-order valence-electron chi connectivity index (χ3n) is 15.1. The number of Topliss-reactive ketones (excluding diaryl/α,β-unsaturated/α-hetero) is 2. The molecule has 0 saturated heterocycles. The van der Waals surface area contributed by atoms with E-state index in [0.29, 0.717) is 37.2 Å². The van der Waals surface area contributed by atoms with Gasteiger partial charge in [-0.15, -0.1) is 0 Å². The Hall–Kier alpha value is -2.20. The molecule has 4 aliphatic rings. The molecule has 4 fully saturated rings. The van der Waals surface area contributed by atoms with Crippen molar-refractivity contribution < 1.29 is 48.5 Å². The molecule has 0 atom stereocenters. The van der Waals surface area contributed by atoms with E-state index < -0.39 is 35.5 Å². The Morgan fingerprint density at radius 1 is 0.433 bits per heavy atom. The Kier molecular flexibility index (Phi) is 32.8. The van der Waals surface area contributed by atoms with Crippen LogP contribution in [0.2, 0.25) is 0 Å². The van der Waals surface area contributed by atoms with Gasteiger partial charge in [-0.3, -0.25) is 28.8 Å². The van der Waals surface area contributed by atoms with Crippen molar-refractivity contribution in [3.63, 3.8) is 0 Å². The molecule has 0 amide bonds. The van der Waals surface area contributed by atoms with Gasteiger partial charge in [-0.25, -0.2) is 0 Å². The molecule has 4 aliphatic carbocycles. The summed E-state index contributed by atoms with van der Waals surface area (Å²) in [5.41, 5.74) is -1.48. The monoisotopic (exact) mass is 916 g/mol. The summed E-state index contributed by atoms with van der Waals surface area (Å²) in [5, 5.41) is 19.0. The Morgan fingerprint density at radius 3 is 0.836 bits per heavy atom. The summed E-state index contributed by atoms with van der Waals surface area (Å²) in [6, 6.07) is 0. The van der Waals surface area contributed by atoms with E-state index >= 15 is 0 Å². The number of hydrogen-bond acceptors (Lipinski definition) is 8. The molecule has 0 aromatic heterocycles. The smallest absolute Gasteiger partial charge is 0.311 e. The normalized spacial score (nSPS) is 18.1. The van der Waals surface area contributed by atoms with Gasteiger partial charge in [0.1, 0.15) is 11.6 Å². The van der Waals surface area contributed by atoms with Gasteiger partial charge in [0, 0.05) is 91.9 Å². The van der Waals surface area contributed by atoms with Crippen molar-refractivity contribution in [2.75, 3.05) is 14.2 Å². The van der Waals surface area contributed by atoms with E-state index in [1.54, 1.807) is 0 Å². The Balaban J connectivity index is 0.000000567. The van der Waals surface area contributed by atoms with Crippen LogP contribution in [-0.2, 0) is 38.2 Å². The van der Waals surface area contributed by atoms with Crippen LogP contribution < -0.4 is 0 Å². The van der Waals surface area contributed by atoms with Crippen molar-refractivity contribution in [2.45, 2.75) is 231 Å². The average Bonchev–Trinajstić information content (AvgIpc) is 4.15. The Labute approximate surface area is 415 Å². The van der Waals surface area contributed by atoms with Crippen molar-refractivity contribution in [1.29, 1.82) is 0 Å². The highest BCUT2D eigenvalue weighted by Crippen LogP contribution is 2.46. The summed E-state index contributed by atoms with van der Waals surface area (Å²) < 4.78 is 10.1. The van der Waals surface area contributed by atoms with Gasteiger partial charge < -0.3 is 19.7 Å². The van der Waals surface area contributed by atoms with Gasteiger partial charge in [0.2, 0.25) is 0 Å². The maximum atomic E-state index is 12.2. The molecule has 0 aromatic carbocycles. The first-order valence-electron chi connectivity index (χ1n) is 25.9. The highest BCUT2D eigenvalue weighted by Gasteiger charge is 2.43. The summed E-state index contributed by atoms with van der Waals surface area (Å²) in [5.74, 6) is -0.707. The molecule has 359 valence electrons. The number of esters is 2. The number of ether oxygens (including phenoxy) is 2. The molecular weight excluding hydrogens is 834 g/mol. The van der Waals surface area contributed by atoms with Gasteiger partial charge in [0.05, 0.1) is 35.9 Å². The van der Waals surface area contributed by atoms with E-state index in [4.69, 9.17) is 32.7 Å². The zero-order chi connectivity index (χ0) is 50.2. The zero-order valence-corrected chi connectivity index (χ0v) is 41.8. The Morgan fingerprint density at radius 2 is 0.642 bits per heavy atom. The summed E-state index contributed by atoms with van der Waals surface area (Å²) in [4.78, 5) is 71.5. The van der Waals surface area contributed by atoms with Crippen molar-refractivity contribution in [3.8, 4) is 0 Å². The average molecular weight is 914 g/mol. The van der Waals surface area contributed by atoms with Crippen LogP contribution in [0, 0.1) is 21.7 Å². The summed E-state index contributed by atoms with van der Waals surface area (Å²) in [6.07, 6.45) is 31.5. The van der Waals surface area contributed by atoms with E-state index in [1.807, 2.05) is 0 Å². The molecular formula is C48H80B9O10. The number of ketones is 2. The number of hydrogen-bond donors (Lipinski definition) is 2. The minimum atomic E-state index is -0.667. The van der Waals surface area contributed by atoms with Crippen molar-refractivity contribution in [1.82, 2.24) is 0 Å². The van der Waals surface area contributed by atoms with Crippen LogP contribution in [-0.4, -0.2) is 126 Å². The van der Waals surface area contributed by atoms with Gasteiger partial charge in [-0.2, -0.15) is 0 Å². The fourth-order valence-corrected chi connectivity index (χ4v) is 11.0. The lowest BCUT2D eigenvalue weighted by atomic mass is 8.97. The lowest BCUT2D eigenvalue weighted by Gasteiger charge is -2.25. The number of carboxylic acids is 2. The third kappa shape index (κ3) is 24.5. The molecule has 0 heterocycles. The first-order valence-corrected chi connectivity index (χ1v) is 25.9. The second-order valence-electron chi connectivity index (χ2n) is 20.2. The molecule has 13 radical (unpaired) electrons. The maximum Gasteiger partial charge on any atom is 0.311 e. The minimum Gasteiger partial charge on any atom is -0.481 e. The first kappa shape index (κ1) is 62.8. The molecule has 0 aromatic rings. The SMILES string of the molecule is COC(=O)C1(CCCCCC(=O)CCCCCC2(C(=O)OC)CCCC2)CCCC1.O=C(CCCCCC1(C(=O)O)CCCC1)CCCCCC1(C(=O)O)CCCC1.[B]B([B])[B].[B][B]B([B])[B]. The van der Waals surface area contributed by atoms with E-state index in [2.05, 4.69) is 23.2 Å². The lowest BCUT2D eigenvalue weighted by molar-refractivity contribution is -0.153. The van der Waals surface area contributed by atoms with Crippen LogP contribution in [0.3, 0.4) is 0 Å². The molecule has 0 bridgehead atoms. The molecule has 4 saturated carbocycles. The lowest BCUT2D eigenvalue weighted by Crippen LogP contribution is -2.29. The topological polar surface area (TPSA) is 161 Å². The second-order valence-corrected chi connectivity index (χ2v) is 20.2. The maximum absolute atomic E-state index is 12.2. The van der Waals surface area contributed by atoms with Crippen LogP contribution >= 0.6 is 0 Å². The number of carbonyl (C=O) groups is 6. The Bertz CT molecular complexity index is 1330. The zero-order valence-electron chi connectivity index (χ0n) is 41.8. The summed E-state index contributed by atoms with van der Waals surface area (Å²) >= 11 is 0. The highest BCUT2D eigenvalue weighted by molar-refractivity contribution is 7.60. The number of carboxylic acid groups (broad SMARTS) is 2. The summed E-state index contributed by atoms with van der Waals surface area (Å²) in [6.45, 7) is 0. The molecule has 0 aliphatic heterocycles. The molecule has 67 heavy (non-hydrogen) atoms. The molecule has 2 N–H and O–H groups in total. The number of unbranched alkanes of at least 4 members (excludes halogenated alkanes) is 8. The van der Waals surface area contributed by atoms with E-state index in [0.717, 1.165) is 205 Å². The van der Waals surface area contributed by atoms with E-state index in [9.17, 15) is 39.0 Å². The number of methoxy groups -OCH3 is 2. The predicted molar refractivity (Wildman–Crippen MR) is 277 cm³/mol. The second kappa shape index (κ2) is 35.0. The third-order valence-corrected chi connectivity index (χ3v) is 15.1. The van der Waals surface area contributed by atoms with Gasteiger partial charge >= 0.3 is 23.9 Å². The van der Waals surface area contributed by atoms with Crippen LogP contribution in [0.4, 0.5) is 0 Å². The van der Waals surface area contributed by atoms with Crippen molar-refractivity contribution >= 4 is 102 Å². The van der Waals surface area contributed by atoms with Crippen molar-refractivity contribution in [2.24, 2.45) is 21.7 Å². The molecule has 0 spiro atoms. The van der Waals surface area contributed by atoms with E-state index in [-0.39, 0.29) is 22.8 Å². The molecule has 10 nitrogen and oxygen atoms in total. The molecule has 4 rings (SSSR count). The number of rotatable bonds is 29. The summed E-state index contributed by atoms with van der Waals surface area (Å²) in [7, 11) is 32.8. The van der Waals surface area contributed by atoms with Gasteiger partial charge in [0.25, 0.3) is 0 Å². The largest absolute Gasteiger partial charge is 0.481 e. The number of aliphatic carboxylic acids is 2. The molecule has 0 unspecified atom stereocenters. The van der Waals surface area contributed by atoms with Gasteiger partial charge in [-0.1, -0.05) is 103 Å². The molecule has 19 heteroatoms. The van der Waals surface area contributed by atoms with E-state index in [1.165, 1.54) is 21.3 Å². The standard InChI is InChI=1S/C25H42O5.C23H38O5.B5.B4/c1-29-22(27)24(17-9-10-18-24)15-7-3-5-13-21(26)14-6-4-8-16-25(23(28)30-2)19-11-12-20-25;24-19(11-3-1-5-13-22(20(25)26)15-7-8-16-22)12-4-2-6-14-23(21(27)28)17-9-10-18-23;1-4-5(2)3;1-4(2)3/h3-20H2,1-2H3;1-18H2,(H,25,26)(H,27,28);;. The van der Waals surface area contributed by atoms with Crippen LogP contribution in [0.15, 0.2) is 0 Å². The fraction of sp³-hybridized carbons (Fsp3) is 0.875. The fourth-order valence-electron chi connectivity index (χ4n) is 11.0. The van der Waals surface area contributed by atoms with Gasteiger partial charge in [0.15, 0.2) is 0 Å². The van der Waals surface area contributed by atoms with Gasteiger partial charge in [-0.05, 0) is 103 Å². The quantitative estimate of drug-likeness (QED) is 0.0425. The minimum absolute atomic E-state index is 0.0392.